The first kappa shape index (κ1) is 17.0. The number of carbonyl (C=O) groups is 1. The molecule has 0 aliphatic carbocycles. The van der Waals surface area contributed by atoms with Gasteiger partial charge in [0.15, 0.2) is 11.5 Å². The van der Waals surface area contributed by atoms with E-state index in [1.54, 1.807) is 16.6 Å². The predicted molar refractivity (Wildman–Crippen MR) is 96.8 cm³/mol. The van der Waals surface area contributed by atoms with Crippen molar-refractivity contribution in [3.8, 4) is 17.2 Å². The molecule has 1 aromatic heterocycles. The predicted octanol–water partition coefficient (Wildman–Crippen LogP) is 1.63. The largest absolute Gasteiger partial charge is 0.486 e. The molecular weight excluding hydrogens is 346 g/mol. The Bertz CT molecular complexity index is 925. The lowest BCUT2D eigenvalue weighted by Crippen LogP contribution is -2.27. The molecule has 0 saturated heterocycles. The van der Waals surface area contributed by atoms with E-state index in [2.05, 4.69) is 15.5 Å². The number of amides is 1. The first-order valence-corrected chi connectivity index (χ1v) is 8.64. The molecule has 1 aliphatic heterocycles. The van der Waals surface area contributed by atoms with Gasteiger partial charge in [0.2, 0.25) is 5.91 Å². The summed E-state index contributed by atoms with van der Waals surface area (Å²) in [6.45, 7) is 1.63. The molecule has 138 valence electrons. The highest BCUT2D eigenvalue weighted by molar-refractivity contribution is 5.78. The van der Waals surface area contributed by atoms with Crippen LogP contribution in [0.3, 0.4) is 0 Å². The summed E-state index contributed by atoms with van der Waals surface area (Å²) in [6.07, 6.45) is 1.86. The zero-order valence-corrected chi connectivity index (χ0v) is 14.9. The van der Waals surface area contributed by atoms with Crippen LogP contribution in [0.5, 0.6) is 11.5 Å². The highest BCUT2D eigenvalue weighted by atomic mass is 16.6. The lowest BCUT2D eigenvalue weighted by molar-refractivity contribution is -0.129. The normalized spacial score (nSPS) is 12.6. The van der Waals surface area contributed by atoms with Crippen molar-refractivity contribution in [1.29, 1.82) is 0 Å². The number of aromatic nitrogens is 4. The summed E-state index contributed by atoms with van der Waals surface area (Å²) in [5.41, 5.74) is 2.79. The average Bonchev–Trinajstić information content (AvgIpc) is 3.23. The quantitative estimate of drug-likeness (QED) is 0.684. The molecule has 0 unspecified atom stereocenters. The third-order valence-corrected chi connectivity index (χ3v) is 4.36. The van der Waals surface area contributed by atoms with Crippen molar-refractivity contribution >= 4 is 5.91 Å². The number of nitrogens with zero attached hydrogens (tertiary/aromatic N) is 5. The Hall–Kier alpha value is -3.42. The summed E-state index contributed by atoms with van der Waals surface area (Å²) in [5.74, 6) is 1.53. The van der Waals surface area contributed by atoms with Gasteiger partial charge in [0.05, 0.1) is 12.1 Å². The molecule has 2 heterocycles. The highest BCUT2D eigenvalue weighted by Gasteiger charge is 2.15. The van der Waals surface area contributed by atoms with E-state index in [0.717, 1.165) is 28.3 Å². The molecule has 0 N–H and O–H groups in total. The van der Waals surface area contributed by atoms with Crippen molar-refractivity contribution in [2.45, 2.75) is 13.0 Å². The van der Waals surface area contributed by atoms with Gasteiger partial charge in [0.1, 0.15) is 19.5 Å². The van der Waals surface area contributed by atoms with Crippen molar-refractivity contribution < 1.29 is 14.3 Å². The van der Waals surface area contributed by atoms with Crippen LogP contribution in [0.25, 0.3) is 5.69 Å². The van der Waals surface area contributed by atoms with Crippen molar-refractivity contribution in [3.63, 3.8) is 0 Å². The smallest absolute Gasteiger partial charge is 0.227 e. The van der Waals surface area contributed by atoms with Crippen LogP contribution >= 0.6 is 0 Å². The van der Waals surface area contributed by atoms with Gasteiger partial charge in [-0.2, -0.15) is 0 Å². The Kier molecular flexibility index (Phi) is 4.69. The Morgan fingerprint density at radius 3 is 2.56 bits per heavy atom. The van der Waals surface area contributed by atoms with Gasteiger partial charge in [-0.15, -0.1) is 5.10 Å². The summed E-state index contributed by atoms with van der Waals surface area (Å²) >= 11 is 0. The van der Waals surface area contributed by atoms with E-state index in [4.69, 9.17) is 9.47 Å². The minimum atomic E-state index is 0.0417. The van der Waals surface area contributed by atoms with Gasteiger partial charge in [-0.25, -0.2) is 4.68 Å². The molecule has 2 aromatic carbocycles. The minimum Gasteiger partial charge on any atom is -0.486 e. The number of carbonyl (C=O) groups excluding carboxylic acids is 1. The molecule has 27 heavy (non-hydrogen) atoms. The van der Waals surface area contributed by atoms with Gasteiger partial charge in [-0.3, -0.25) is 4.79 Å². The standard InChI is InChI=1S/C19H19N5O3/c1-23(12-15-4-7-17-18(10-15)27-9-8-26-17)19(25)11-14-2-5-16(6-3-14)24-13-20-21-22-24/h2-7,10,13H,8-9,11-12H2,1H3. The minimum absolute atomic E-state index is 0.0417. The van der Waals surface area contributed by atoms with E-state index in [9.17, 15) is 4.79 Å². The summed E-state index contributed by atoms with van der Waals surface area (Å²) in [5, 5.41) is 11.1. The third kappa shape index (κ3) is 3.89. The molecule has 0 bridgehead atoms. The maximum atomic E-state index is 12.6. The fourth-order valence-electron chi connectivity index (χ4n) is 2.90. The van der Waals surface area contributed by atoms with Crippen molar-refractivity contribution in [1.82, 2.24) is 25.1 Å². The molecule has 3 aromatic rings. The Labute approximate surface area is 156 Å². The fraction of sp³-hybridized carbons (Fsp3) is 0.263. The van der Waals surface area contributed by atoms with Crippen LogP contribution in [0.15, 0.2) is 48.8 Å². The lowest BCUT2D eigenvalue weighted by atomic mass is 10.1. The molecule has 1 amide bonds. The van der Waals surface area contributed by atoms with Crippen molar-refractivity contribution in [3.05, 3.63) is 59.9 Å². The van der Waals surface area contributed by atoms with E-state index >= 15 is 0 Å². The molecule has 8 heteroatoms. The highest BCUT2D eigenvalue weighted by Crippen LogP contribution is 2.31. The maximum Gasteiger partial charge on any atom is 0.227 e. The number of benzene rings is 2. The topological polar surface area (TPSA) is 82.4 Å². The number of hydrogen-bond donors (Lipinski definition) is 0. The van der Waals surface area contributed by atoms with E-state index in [1.165, 1.54) is 6.33 Å². The van der Waals surface area contributed by atoms with E-state index in [-0.39, 0.29) is 5.91 Å². The van der Waals surface area contributed by atoms with Crippen LogP contribution < -0.4 is 9.47 Å². The van der Waals surface area contributed by atoms with Gasteiger partial charge >= 0.3 is 0 Å². The summed E-state index contributed by atoms with van der Waals surface area (Å²) in [4.78, 5) is 14.3. The van der Waals surface area contributed by atoms with Gasteiger partial charge in [0, 0.05) is 13.6 Å². The summed E-state index contributed by atoms with van der Waals surface area (Å²) < 4.78 is 12.7. The van der Waals surface area contributed by atoms with Crippen LogP contribution in [0, 0.1) is 0 Å². The number of rotatable bonds is 5. The SMILES string of the molecule is CN(Cc1ccc2c(c1)OCCO2)C(=O)Cc1ccc(-n2cnnn2)cc1. The van der Waals surface area contributed by atoms with Gasteiger partial charge in [-0.05, 0) is 45.8 Å². The zero-order chi connectivity index (χ0) is 18.6. The molecule has 0 atom stereocenters. The first-order valence-electron chi connectivity index (χ1n) is 8.64. The van der Waals surface area contributed by atoms with Gasteiger partial charge in [0.25, 0.3) is 0 Å². The molecular formula is C19H19N5O3. The lowest BCUT2D eigenvalue weighted by Gasteiger charge is -2.21. The number of hydrogen-bond acceptors (Lipinski definition) is 6. The molecule has 1 aliphatic rings. The molecule has 4 rings (SSSR count). The van der Waals surface area contributed by atoms with Gasteiger partial charge < -0.3 is 14.4 Å². The Balaban J connectivity index is 1.38. The maximum absolute atomic E-state index is 12.6. The van der Waals surface area contributed by atoms with Crippen molar-refractivity contribution in [2.24, 2.45) is 0 Å². The number of tetrazole rings is 1. The van der Waals surface area contributed by atoms with Crippen LogP contribution in [-0.4, -0.2) is 51.3 Å². The third-order valence-electron chi connectivity index (χ3n) is 4.36. The molecule has 0 fully saturated rings. The van der Waals surface area contributed by atoms with Gasteiger partial charge in [-0.1, -0.05) is 18.2 Å². The number of fused-ring (bicyclic) bond motifs is 1. The van der Waals surface area contributed by atoms with Crippen LogP contribution in [0.2, 0.25) is 0 Å². The molecule has 0 saturated carbocycles. The van der Waals surface area contributed by atoms with Crippen LogP contribution in [0.1, 0.15) is 11.1 Å². The summed E-state index contributed by atoms with van der Waals surface area (Å²) in [6, 6.07) is 13.4. The summed E-state index contributed by atoms with van der Waals surface area (Å²) in [7, 11) is 1.80. The zero-order valence-electron chi connectivity index (χ0n) is 14.9. The monoisotopic (exact) mass is 365 g/mol. The number of ether oxygens (including phenoxy) is 2. The van der Waals surface area contributed by atoms with E-state index in [1.807, 2.05) is 42.5 Å². The van der Waals surface area contributed by atoms with Crippen molar-refractivity contribution in [2.75, 3.05) is 20.3 Å². The second-order valence-electron chi connectivity index (χ2n) is 6.33. The fourth-order valence-corrected chi connectivity index (χ4v) is 2.90. The molecule has 0 radical (unpaired) electrons. The second-order valence-corrected chi connectivity index (χ2v) is 6.33. The van der Waals surface area contributed by atoms with Crippen LogP contribution in [-0.2, 0) is 17.8 Å². The Morgan fingerprint density at radius 1 is 1.07 bits per heavy atom. The second kappa shape index (κ2) is 7.45. The number of likely N-dealkylation sites (N-methyl/N-ethyl adjacent to an activating group) is 1. The first-order chi connectivity index (χ1) is 13.2. The molecule has 0 spiro atoms. The average molecular weight is 365 g/mol. The van der Waals surface area contributed by atoms with Crippen LogP contribution in [0.4, 0.5) is 0 Å². The molecule has 8 nitrogen and oxygen atoms in total. The Morgan fingerprint density at radius 2 is 1.81 bits per heavy atom. The van der Waals surface area contributed by atoms with E-state index in [0.29, 0.717) is 26.2 Å². The van der Waals surface area contributed by atoms with E-state index < -0.39 is 0 Å².